The molecular weight excluding hydrogens is 284 g/mol. The lowest BCUT2D eigenvalue weighted by Gasteiger charge is -2.15. The lowest BCUT2D eigenvalue weighted by molar-refractivity contribution is -0.120. The third-order valence-corrected chi connectivity index (χ3v) is 3.71. The minimum atomic E-state index is -0.0527. The van der Waals surface area contributed by atoms with Crippen LogP contribution in [0.5, 0.6) is 0 Å². The van der Waals surface area contributed by atoms with Gasteiger partial charge in [0.2, 0.25) is 5.91 Å². The van der Waals surface area contributed by atoms with Crippen LogP contribution < -0.4 is 10.6 Å². The van der Waals surface area contributed by atoms with Crippen LogP contribution in [0.2, 0.25) is 5.02 Å². The first kappa shape index (κ1) is 15.4. The fourth-order valence-electron chi connectivity index (χ4n) is 2.00. The van der Waals surface area contributed by atoms with Gasteiger partial charge in [-0.2, -0.15) is 0 Å². The van der Waals surface area contributed by atoms with Crippen LogP contribution in [0.4, 0.5) is 5.69 Å². The highest BCUT2D eigenvalue weighted by atomic mass is 35.5. The molecule has 1 amide bonds. The maximum Gasteiger partial charge on any atom is 0.239 e. The summed E-state index contributed by atoms with van der Waals surface area (Å²) in [6.45, 7) is 4.13. The first-order chi connectivity index (χ1) is 10.1. The summed E-state index contributed by atoms with van der Waals surface area (Å²) in [5.41, 5.74) is 2.95. The van der Waals surface area contributed by atoms with Gasteiger partial charge in [0.25, 0.3) is 0 Å². The molecule has 0 saturated carbocycles. The third-order valence-electron chi connectivity index (χ3n) is 3.30. The van der Waals surface area contributed by atoms with Crippen molar-refractivity contribution < 1.29 is 4.79 Å². The Labute approximate surface area is 130 Å². The first-order valence-corrected chi connectivity index (χ1v) is 7.28. The molecule has 0 fully saturated rings. The quantitative estimate of drug-likeness (QED) is 0.878. The molecule has 0 radical (unpaired) electrons. The third kappa shape index (κ3) is 4.50. The number of hydrogen-bond acceptors (Lipinski definition) is 2. The molecule has 0 aromatic heterocycles. The predicted octanol–water partition coefficient (Wildman–Crippen LogP) is 3.94. The summed E-state index contributed by atoms with van der Waals surface area (Å²) in [7, 11) is 0. The number of rotatable bonds is 5. The van der Waals surface area contributed by atoms with Crippen LogP contribution in [0.15, 0.2) is 48.5 Å². The van der Waals surface area contributed by atoms with Crippen molar-refractivity contribution in [1.29, 1.82) is 0 Å². The van der Waals surface area contributed by atoms with E-state index in [0.717, 1.165) is 16.8 Å². The highest BCUT2D eigenvalue weighted by molar-refractivity contribution is 6.31. The monoisotopic (exact) mass is 302 g/mol. The highest BCUT2D eigenvalue weighted by Gasteiger charge is 2.09. The average Bonchev–Trinajstić information content (AvgIpc) is 2.49. The summed E-state index contributed by atoms with van der Waals surface area (Å²) in [5.74, 6) is -0.0527. The number of benzene rings is 2. The van der Waals surface area contributed by atoms with Crippen molar-refractivity contribution >= 4 is 23.2 Å². The molecule has 0 bridgehead atoms. The molecule has 2 aromatic rings. The summed E-state index contributed by atoms with van der Waals surface area (Å²) < 4.78 is 0. The number of nitrogens with one attached hydrogen (secondary N) is 2. The molecule has 1 atom stereocenters. The molecule has 0 spiro atoms. The zero-order chi connectivity index (χ0) is 15.2. The van der Waals surface area contributed by atoms with Gasteiger partial charge in [-0.1, -0.05) is 48.0 Å². The van der Waals surface area contributed by atoms with E-state index in [1.807, 2.05) is 62.4 Å². The van der Waals surface area contributed by atoms with Crippen molar-refractivity contribution in [2.45, 2.75) is 19.9 Å². The molecule has 2 rings (SSSR count). The number of anilines is 1. The Kier molecular flexibility index (Phi) is 5.23. The number of aryl methyl sites for hydroxylation is 1. The predicted molar refractivity (Wildman–Crippen MR) is 87.7 cm³/mol. The highest BCUT2D eigenvalue weighted by Crippen LogP contribution is 2.19. The molecule has 0 aliphatic rings. The maximum absolute atomic E-state index is 11.9. The van der Waals surface area contributed by atoms with Crippen LogP contribution in [0.1, 0.15) is 24.1 Å². The van der Waals surface area contributed by atoms with Gasteiger partial charge in [-0.25, -0.2) is 0 Å². The van der Waals surface area contributed by atoms with Crippen molar-refractivity contribution in [3.05, 3.63) is 64.7 Å². The second-order valence-electron chi connectivity index (χ2n) is 5.02. The van der Waals surface area contributed by atoms with E-state index in [9.17, 15) is 4.79 Å². The van der Waals surface area contributed by atoms with E-state index in [1.165, 1.54) is 0 Å². The number of carbonyl (C=O) groups excluding carboxylic acids is 1. The Bertz CT molecular complexity index is 613. The summed E-state index contributed by atoms with van der Waals surface area (Å²) in [6, 6.07) is 15.5. The van der Waals surface area contributed by atoms with Crippen molar-refractivity contribution in [1.82, 2.24) is 5.32 Å². The molecule has 0 saturated heterocycles. The van der Waals surface area contributed by atoms with E-state index in [1.54, 1.807) is 0 Å². The molecule has 4 heteroatoms. The number of hydrogen-bond donors (Lipinski definition) is 2. The van der Waals surface area contributed by atoms with Gasteiger partial charge in [0.1, 0.15) is 0 Å². The molecule has 2 N–H and O–H groups in total. The van der Waals surface area contributed by atoms with Crippen molar-refractivity contribution in [2.24, 2.45) is 0 Å². The molecule has 3 nitrogen and oxygen atoms in total. The standard InChI is InChI=1S/C17H19ClN2O/c1-12-8-9-15(10-16(12)18)19-11-17(21)20-13(2)14-6-4-3-5-7-14/h3-10,13,19H,11H2,1-2H3,(H,20,21). The second-order valence-corrected chi connectivity index (χ2v) is 5.42. The molecule has 0 heterocycles. The minimum absolute atomic E-state index is 0.0119. The van der Waals surface area contributed by atoms with Crippen molar-refractivity contribution in [3.8, 4) is 0 Å². The summed E-state index contributed by atoms with van der Waals surface area (Å²) in [6.07, 6.45) is 0. The van der Waals surface area contributed by atoms with Gasteiger partial charge in [0, 0.05) is 10.7 Å². The molecule has 0 aliphatic heterocycles. The largest absolute Gasteiger partial charge is 0.376 e. The van der Waals surface area contributed by atoms with Crippen molar-refractivity contribution in [2.75, 3.05) is 11.9 Å². The van der Waals surface area contributed by atoms with Gasteiger partial charge < -0.3 is 10.6 Å². The van der Waals surface area contributed by atoms with Gasteiger partial charge in [-0.3, -0.25) is 4.79 Å². The number of halogens is 1. The lowest BCUT2D eigenvalue weighted by Crippen LogP contribution is -2.32. The van der Waals surface area contributed by atoms with Crippen LogP contribution in [0, 0.1) is 6.92 Å². The zero-order valence-corrected chi connectivity index (χ0v) is 12.9. The summed E-state index contributed by atoms with van der Waals surface area (Å²) in [4.78, 5) is 11.9. The smallest absolute Gasteiger partial charge is 0.239 e. The zero-order valence-electron chi connectivity index (χ0n) is 12.2. The molecule has 0 aliphatic carbocycles. The Hall–Kier alpha value is -2.00. The Morgan fingerprint density at radius 3 is 2.57 bits per heavy atom. The van der Waals surface area contributed by atoms with E-state index in [0.29, 0.717) is 5.02 Å². The fraction of sp³-hybridized carbons (Fsp3) is 0.235. The van der Waals surface area contributed by atoms with Crippen LogP contribution in [-0.4, -0.2) is 12.5 Å². The van der Waals surface area contributed by atoms with Crippen molar-refractivity contribution in [3.63, 3.8) is 0 Å². The van der Waals surface area contributed by atoms with Gasteiger partial charge in [-0.15, -0.1) is 0 Å². The van der Waals surface area contributed by atoms with E-state index >= 15 is 0 Å². The molecule has 21 heavy (non-hydrogen) atoms. The summed E-state index contributed by atoms with van der Waals surface area (Å²) >= 11 is 6.05. The Morgan fingerprint density at radius 2 is 1.90 bits per heavy atom. The van der Waals surface area contributed by atoms with Gasteiger partial charge >= 0.3 is 0 Å². The topological polar surface area (TPSA) is 41.1 Å². The number of amides is 1. The van der Waals surface area contributed by atoms with Crippen LogP contribution in [0.25, 0.3) is 0 Å². The lowest BCUT2D eigenvalue weighted by atomic mass is 10.1. The molecule has 2 aromatic carbocycles. The maximum atomic E-state index is 11.9. The normalized spacial score (nSPS) is 11.8. The van der Waals surface area contributed by atoms with Crippen LogP contribution in [-0.2, 0) is 4.79 Å². The van der Waals surface area contributed by atoms with Crippen LogP contribution in [0.3, 0.4) is 0 Å². The first-order valence-electron chi connectivity index (χ1n) is 6.90. The average molecular weight is 303 g/mol. The fourth-order valence-corrected chi connectivity index (χ4v) is 2.18. The minimum Gasteiger partial charge on any atom is -0.376 e. The van der Waals surface area contributed by atoms with Crippen LogP contribution >= 0.6 is 11.6 Å². The molecular formula is C17H19ClN2O. The number of carbonyl (C=O) groups is 1. The SMILES string of the molecule is Cc1ccc(NCC(=O)NC(C)c2ccccc2)cc1Cl. The second kappa shape index (κ2) is 7.14. The van der Waals surface area contributed by atoms with Gasteiger partial charge in [0.05, 0.1) is 12.6 Å². The van der Waals surface area contributed by atoms with E-state index in [2.05, 4.69) is 10.6 Å². The van der Waals surface area contributed by atoms with E-state index in [4.69, 9.17) is 11.6 Å². The summed E-state index contributed by atoms with van der Waals surface area (Å²) in [5, 5.41) is 6.72. The molecule has 1 unspecified atom stereocenters. The van der Waals surface area contributed by atoms with E-state index < -0.39 is 0 Å². The Balaban J connectivity index is 1.86. The van der Waals surface area contributed by atoms with E-state index in [-0.39, 0.29) is 18.5 Å². The van der Waals surface area contributed by atoms with Gasteiger partial charge in [-0.05, 0) is 37.1 Å². The molecule has 110 valence electrons. The Morgan fingerprint density at radius 1 is 1.19 bits per heavy atom. The van der Waals surface area contributed by atoms with Gasteiger partial charge in [0.15, 0.2) is 0 Å².